The molecule has 1 fully saturated rings. The van der Waals surface area contributed by atoms with E-state index in [1.165, 1.54) is 32.1 Å². The first-order valence-corrected chi connectivity index (χ1v) is 10.6. The summed E-state index contributed by atoms with van der Waals surface area (Å²) in [7, 11) is 0. The Hall–Kier alpha value is 0.423. The Morgan fingerprint density at radius 3 is 2.18 bits per heavy atom. The van der Waals surface area contributed by atoms with Crippen molar-refractivity contribution in [1.82, 2.24) is 0 Å². The molecule has 0 aromatic carbocycles. The number of allylic oxidation sites excluding steroid dienone is 8. The van der Waals surface area contributed by atoms with Crippen LogP contribution in [-0.2, 0) is 23.2 Å². The summed E-state index contributed by atoms with van der Waals surface area (Å²) in [6, 6.07) is 0. The zero-order valence-corrected chi connectivity index (χ0v) is 18.1. The van der Waals surface area contributed by atoms with Crippen molar-refractivity contribution in [2.45, 2.75) is 59.8 Å². The molecule has 3 rings (SSSR count). The average molecular weight is 417 g/mol. The SMILES string of the molecule is CC1=C(C)C(C)[C]([Zr+2][C]2=C(C3CCCC3)C=CC2)=C1C.[Cl-].[Cl-]. The van der Waals surface area contributed by atoms with Crippen LogP contribution < -0.4 is 24.8 Å². The summed E-state index contributed by atoms with van der Waals surface area (Å²) in [5, 5.41) is 0. The van der Waals surface area contributed by atoms with Gasteiger partial charge >= 0.3 is 136 Å². The monoisotopic (exact) mass is 414 g/mol. The minimum absolute atomic E-state index is 0. The molecule has 3 heteroatoms. The van der Waals surface area contributed by atoms with Gasteiger partial charge in [0.15, 0.2) is 0 Å². The van der Waals surface area contributed by atoms with Crippen molar-refractivity contribution >= 4 is 0 Å². The van der Waals surface area contributed by atoms with Crippen molar-refractivity contribution in [1.29, 1.82) is 0 Å². The van der Waals surface area contributed by atoms with Crippen LogP contribution in [-0.4, -0.2) is 0 Å². The Bertz CT molecular complexity index is 546. The van der Waals surface area contributed by atoms with Crippen molar-refractivity contribution in [3.8, 4) is 0 Å². The van der Waals surface area contributed by atoms with E-state index in [1.807, 2.05) is 6.56 Å². The molecule has 0 aromatic rings. The fourth-order valence-electron chi connectivity index (χ4n) is 3.99. The molecule has 0 nitrogen and oxygen atoms in total. The van der Waals surface area contributed by atoms with Crippen molar-refractivity contribution in [3.05, 3.63) is 41.0 Å². The molecule has 1 atom stereocenters. The molecule has 0 saturated heterocycles. The third kappa shape index (κ3) is 3.73. The van der Waals surface area contributed by atoms with E-state index in [1.54, 1.807) is 22.3 Å². The summed E-state index contributed by atoms with van der Waals surface area (Å²) in [4.78, 5) is 0. The van der Waals surface area contributed by atoms with E-state index >= 15 is 0 Å². The smallest absolute Gasteiger partial charge is 1.00 e. The van der Waals surface area contributed by atoms with Gasteiger partial charge in [-0.05, 0) is 0 Å². The molecular weight excluding hydrogens is 390 g/mol. The Morgan fingerprint density at radius 1 is 1.00 bits per heavy atom. The number of hydrogen-bond acceptors (Lipinski definition) is 0. The minimum atomic E-state index is -0.544. The molecular formula is C19H26Cl2Zr. The Balaban J connectivity index is 0.00000121. The normalized spacial score (nSPS) is 24.8. The first-order chi connectivity index (χ1) is 9.59. The summed E-state index contributed by atoms with van der Waals surface area (Å²) in [5.74, 6) is 1.65. The summed E-state index contributed by atoms with van der Waals surface area (Å²) in [5.41, 5.74) is 6.64. The van der Waals surface area contributed by atoms with E-state index < -0.39 is 23.2 Å². The first kappa shape index (κ1) is 20.5. The van der Waals surface area contributed by atoms with Crippen LogP contribution in [0.3, 0.4) is 0 Å². The predicted octanol–water partition coefficient (Wildman–Crippen LogP) is -0.259. The van der Waals surface area contributed by atoms with Gasteiger partial charge in [-0.1, -0.05) is 0 Å². The van der Waals surface area contributed by atoms with E-state index in [-0.39, 0.29) is 24.8 Å². The van der Waals surface area contributed by atoms with Crippen LogP contribution >= 0.6 is 0 Å². The second-order valence-corrected chi connectivity index (χ2v) is 10.1. The molecule has 3 aliphatic carbocycles. The fraction of sp³-hybridized carbons (Fsp3) is 0.579. The van der Waals surface area contributed by atoms with Gasteiger partial charge in [0.2, 0.25) is 0 Å². The zero-order chi connectivity index (χ0) is 14.3. The van der Waals surface area contributed by atoms with E-state index in [2.05, 4.69) is 39.8 Å². The van der Waals surface area contributed by atoms with Crippen molar-refractivity contribution in [2.24, 2.45) is 11.8 Å². The standard InChI is InChI=1S/C10H13.C9H13.2ClH.Zr/c1-2-6-9(5-1)10-7-3-4-8-10;1-6-5-7(2)9(4)8(6)3;;;/h1,5,10H,2-4,7-8H2;6H,1-4H3;2*1H;/q;;;;+2/p-2. The van der Waals surface area contributed by atoms with Crippen molar-refractivity contribution in [3.63, 3.8) is 0 Å². The van der Waals surface area contributed by atoms with Gasteiger partial charge in [-0.2, -0.15) is 0 Å². The summed E-state index contributed by atoms with van der Waals surface area (Å²) < 4.78 is 3.75. The summed E-state index contributed by atoms with van der Waals surface area (Å²) in [6.45, 7) is 9.47. The molecule has 0 spiro atoms. The molecule has 1 unspecified atom stereocenters. The maximum atomic E-state index is 2.48. The van der Waals surface area contributed by atoms with E-state index in [0.717, 1.165) is 11.8 Å². The van der Waals surface area contributed by atoms with Gasteiger partial charge in [0.25, 0.3) is 0 Å². The molecule has 0 N–H and O–H groups in total. The van der Waals surface area contributed by atoms with Crippen LogP contribution in [0.2, 0.25) is 0 Å². The Morgan fingerprint density at radius 2 is 1.64 bits per heavy atom. The average Bonchev–Trinajstić information content (AvgIpc) is 3.14. The Labute approximate surface area is 160 Å². The van der Waals surface area contributed by atoms with Crippen LogP contribution in [0.15, 0.2) is 41.0 Å². The molecule has 0 amide bonds. The zero-order valence-electron chi connectivity index (χ0n) is 14.1. The van der Waals surface area contributed by atoms with Crippen LogP contribution in [0.25, 0.3) is 0 Å². The second kappa shape index (κ2) is 8.50. The predicted molar refractivity (Wildman–Crippen MR) is 83.0 cm³/mol. The molecule has 0 aliphatic heterocycles. The van der Waals surface area contributed by atoms with Gasteiger partial charge in [0, 0.05) is 0 Å². The molecule has 0 aromatic heterocycles. The molecule has 120 valence electrons. The molecule has 3 aliphatic rings. The number of rotatable bonds is 3. The molecule has 22 heavy (non-hydrogen) atoms. The maximum Gasteiger partial charge on any atom is -1.00 e. The van der Waals surface area contributed by atoms with E-state index in [0.29, 0.717) is 0 Å². The van der Waals surface area contributed by atoms with Crippen LogP contribution in [0.1, 0.15) is 59.8 Å². The maximum absolute atomic E-state index is 2.48. The van der Waals surface area contributed by atoms with E-state index in [4.69, 9.17) is 0 Å². The van der Waals surface area contributed by atoms with Gasteiger partial charge in [-0.15, -0.1) is 0 Å². The largest absolute Gasteiger partial charge is 1.00 e. The van der Waals surface area contributed by atoms with E-state index in [9.17, 15) is 0 Å². The van der Waals surface area contributed by atoms with Crippen LogP contribution in [0.4, 0.5) is 0 Å². The third-order valence-electron chi connectivity index (χ3n) is 5.69. The van der Waals surface area contributed by atoms with Gasteiger partial charge < -0.3 is 24.8 Å². The van der Waals surface area contributed by atoms with Gasteiger partial charge in [0.05, 0.1) is 0 Å². The minimum Gasteiger partial charge on any atom is -1.00 e. The Kier molecular flexibility index (Phi) is 7.91. The van der Waals surface area contributed by atoms with Crippen molar-refractivity contribution in [2.75, 3.05) is 0 Å². The van der Waals surface area contributed by atoms with Gasteiger partial charge in [-0.25, -0.2) is 0 Å². The first-order valence-electron chi connectivity index (χ1n) is 8.14. The van der Waals surface area contributed by atoms with Crippen LogP contribution in [0.5, 0.6) is 0 Å². The fourth-order valence-corrected chi connectivity index (χ4v) is 8.38. The molecule has 0 radical (unpaired) electrons. The van der Waals surface area contributed by atoms with Gasteiger partial charge in [-0.3, -0.25) is 0 Å². The third-order valence-corrected chi connectivity index (χ3v) is 10.3. The second-order valence-electron chi connectivity index (χ2n) is 6.72. The number of halogens is 2. The summed E-state index contributed by atoms with van der Waals surface area (Å²) in [6.07, 6.45) is 12.0. The quantitative estimate of drug-likeness (QED) is 0.595. The molecule has 0 bridgehead atoms. The molecule has 0 heterocycles. The topological polar surface area (TPSA) is 0 Å². The van der Waals surface area contributed by atoms with Crippen LogP contribution in [0, 0.1) is 11.8 Å². The van der Waals surface area contributed by atoms with Crippen molar-refractivity contribution < 1.29 is 48.0 Å². The molecule has 1 saturated carbocycles. The van der Waals surface area contributed by atoms with Gasteiger partial charge in [0.1, 0.15) is 0 Å². The summed E-state index contributed by atoms with van der Waals surface area (Å²) >= 11 is -0.544. The number of hydrogen-bond donors (Lipinski definition) is 0.